The van der Waals surface area contributed by atoms with Gasteiger partial charge in [0.2, 0.25) is 5.91 Å². The maximum absolute atomic E-state index is 10.9. The van der Waals surface area contributed by atoms with Gasteiger partial charge in [-0.1, -0.05) is 0 Å². The molecule has 2 rings (SSSR count). The molecule has 0 aliphatic rings. The van der Waals surface area contributed by atoms with Crippen LogP contribution in [0.2, 0.25) is 0 Å². The van der Waals surface area contributed by atoms with E-state index in [-0.39, 0.29) is 11.1 Å². The summed E-state index contributed by atoms with van der Waals surface area (Å²) >= 11 is 0. The first-order chi connectivity index (χ1) is 7.09. The van der Waals surface area contributed by atoms with Crippen LogP contribution in [0.1, 0.15) is 20.7 Å². The number of hydrogen-bond donors (Lipinski definition) is 2. The highest BCUT2D eigenvalue weighted by molar-refractivity contribution is 5.98. The second kappa shape index (κ2) is 3.09. The number of carboxylic acids is 1. The summed E-state index contributed by atoms with van der Waals surface area (Å²) in [7, 11) is 0. The number of aromatic carboxylic acids is 1. The highest BCUT2D eigenvalue weighted by Crippen LogP contribution is 2.12. The highest BCUT2D eigenvalue weighted by atomic mass is 16.4. The minimum atomic E-state index is -1.09. The summed E-state index contributed by atoms with van der Waals surface area (Å²) in [5, 5.41) is 12.7. The Hall–Kier alpha value is -2.37. The van der Waals surface area contributed by atoms with Gasteiger partial charge in [0.1, 0.15) is 5.56 Å². The molecule has 0 bridgehead atoms. The fourth-order valence-electron chi connectivity index (χ4n) is 1.30. The van der Waals surface area contributed by atoms with Crippen molar-refractivity contribution >= 4 is 17.4 Å². The summed E-state index contributed by atoms with van der Waals surface area (Å²) in [5.41, 5.74) is 5.72. The molecule has 0 fully saturated rings. The molecule has 0 saturated carbocycles. The predicted molar refractivity (Wildman–Crippen MR) is 50.7 cm³/mol. The molecule has 0 atom stereocenters. The number of nitrogens with two attached hydrogens (primary N) is 1. The van der Waals surface area contributed by atoms with Crippen molar-refractivity contribution in [3.05, 3.63) is 35.7 Å². The van der Waals surface area contributed by atoms with Crippen molar-refractivity contribution in [3.63, 3.8) is 0 Å². The van der Waals surface area contributed by atoms with Crippen LogP contribution in [0.15, 0.2) is 24.5 Å². The molecule has 3 N–H and O–H groups in total. The van der Waals surface area contributed by atoms with Crippen LogP contribution in [0.3, 0.4) is 0 Å². The van der Waals surface area contributed by atoms with Crippen LogP contribution in [0.25, 0.3) is 5.52 Å². The lowest BCUT2D eigenvalue weighted by Crippen LogP contribution is -2.11. The molecule has 0 radical (unpaired) electrons. The topological polar surface area (TPSA) is 97.7 Å². The number of pyridine rings is 1. The van der Waals surface area contributed by atoms with E-state index in [9.17, 15) is 9.59 Å². The van der Waals surface area contributed by atoms with Gasteiger partial charge in [0.15, 0.2) is 0 Å². The van der Waals surface area contributed by atoms with E-state index in [1.165, 1.54) is 29.0 Å². The van der Waals surface area contributed by atoms with Gasteiger partial charge in [0.25, 0.3) is 0 Å². The van der Waals surface area contributed by atoms with Crippen LogP contribution < -0.4 is 5.73 Å². The standard InChI is InChI=1S/C9H7N3O3/c10-8(13)5-1-2-12-7(3-5)6(4-11-12)9(14)15/h1-4H,(H2,10,13)(H,14,15). The van der Waals surface area contributed by atoms with Crippen LogP contribution in [0.5, 0.6) is 0 Å². The molecule has 6 heteroatoms. The van der Waals surface area contributed by atoms with Gasteiger partial charge in [0, 0.05) is 11.8 Å². The summed E-state index contributed by atoms with van der Waals surface area (Å²) in [6.45, 7) is 0. The van der Waals surface area contributed by atoms with E-state index in [0.29, 0.717) is 5.52 Å². The van der Waals surface area contributed by atoms with Gasteiger partial charge in [-0.2, -0.15) is 5.10 Å². The minimum Gasteiger partial charge on any atom is -0.478 e. The summed E-state index contributed by atoms with van der Waals surface area (Å²) in [5.74, 6) is -1.69. The smallest absolute Gasteiger partial charge is 0.339 e. The summed E-state index contributed by atoms with van der Waals surface area (Å²) in [6, 6.07) is 2.88. The van der Waals surface area contributed by atoms with Gasteiger partial charge in [0.05, 0.1) is 11.7 Å². The molecule has 0 spiro atoms. The molecule has 2 aromatic rings. The van der Waals surface area contributed by atoms with Crippen LogP contribution >= 0.6 is 0 Å². The molecule has 2 heterocycles. The number of carboxylic acid groups (broad SMARTS) is 1. The normalized spacial score (nSPS) is 10.4. The maximum atomic E-state index is 10.9. The third-order valence-corrected chi connectivity index (χ3v) is 2.04. The molecule has 0 aliphatic carbocycles. The Morgan fingerprint density at radius 1 is 1.47 bits per heavy atom. The van der Waals surface area contributed by atoms with Gasteiger partial charge in [-0.05, 0) is 12.1 Å². The summed E-state index contributed by atoms with van der Waals surface area (Å²) < 4.78 is 1.37. The Morgan fingerprint density at radius 2 is 2.20 bits per heavy atom. The molecule has 76 valence electrons. The lowest BCUT2D eigenvalue weighted by Gasteiger charge is -1.97. The van der Waals surface area contributed by atoms with E-state index in [4.69, 9.17) is 10.8 Å². The second-order valence-electron chi connectivity index (χ2n) is 2.97. The average Bonchev–Trinajstić information content (AvgIpc) is 2.59. The molecule has 0 aromatic carbocycles. The van der Waals surface area contributed by atoms with E-state index in [2.05, 4.69) is 5.10 Å². The van der Waals surface area contributed by atoms with Gasteiger partial charge in [-0.3, -0.25) is 4.79 Å². The number of carbonyl (C=O) groups excluding carboxylic acids is 1. The van der Waals surface area contributed by atoms with Crippen molar-refractivity contribution in [2.45, 2.75) is 0 Å². The average molecular weight is 205 g/mol. The molecule has 6 nitrogen and oxygen atoms in total. The Balaban J connectivity index is 2.72. The quantitative estimate of drug-likeness (QED) is 0.728. The molecule has 0 aliphatic heterocycles. The van der Waals surface area contributed by atoms with Crippen LogP contribution in [-0.4, -0.2) is 26.6 Å². The number of rotatable bonds is 2. The third kappa shape index (κ3) is 1.41. The van der Waals surface area contributed by atoms with E-state index in [1.54, 1.807) is 0 Å². The fraction of sp³-hybridized carbons (Fsp3) is 0. The number of amides is 1. The van der Waals surface area contributed by atoms with Crippen molar-refractivity contribution in [1.29, 1.82) is 0 Å². The molecular formula is C9H7N3O3. The second-order valence-corrected chi connectivity index (χ2v) is 2.97. The monoisotopic (exact) mass is 205 g/mol. The first kappa shape index (κ1) is 9.20. The Labute approximate surface area is 83.9 Å². The number of hydrogen-bond acceptors (Lipinski definition) is 3. The van der Waals surface area contributed by atoms with Crippen LogP contribution in [-0.2, 0) is 0 Å². The number of nitrogens with zero attached hydrogens (tertiary/aromatic N) is 2. The number of fused-ring (bicyclic) bond motifs is 1. The van der Waals surface area contributed by atoms with Crippen molar-refractivity contribution in [1.82, 2.24) is 9.61 Å². The summed E-state index contributed by atoms with van der Waals surface area (Å²) in [4.78, 5) is 21.7. The van der Waals surface area contributed by atoms with Crippen molar-refractivity contribution in [2.24, 2.45) is 5.73 Å². The number of carbonyl (C=O) groups is 2. The van der Waals surface area contributed by atoms with E-state index < -0.39 is 11.9 Å². The minimum absolute atomic E-state index is 0.0399. The third-order valence-electron chi connectivity index (χ3n) is 2.04. The molecule has 0 saturated heterocycles. The Kier molecular flexibility index (Phi) is 1.89. The predicted octanol–water partition coefficient (Wildman–Crippen LogP) is 0.131. The summed E-state index contributed by atoms with van der Waals surface area (Å²) in [6.07, 6.45) is 2.71. The zero-order chi connectivity index (χ0) is 11.0. The van der Waals surface area contributed by atoms with E-state index in [1.807, 2.05) is 0 Å². The number of aromatic nitrogens is 2. The first-order valence-electron chi connectivity index (χ1n) is 4.10. The van der Waals surface area contributed by atoms with Gasteiger partial charge >= 0.3 is 5.97 Å². The zero-order valence-corrected chi connectivity index (χ0v) is 7.54. The molecule has 0 unspecified atom stereocenters. The van der Waals surface area contributed by atoms with E-state index in [0.717, 1.165) is 0 Å². The molecule has 1 amide bonds. The largest absolute Gasteiger partial charge is 0.478 e. The SMILES string of the molecule is NC(=O)c1ccn2ncc(C(=O)O)c2c1. The molecule has 2 aromatic heterocycles. The number of primary amides is 1. The van der Waals surface area contributed by atoms with Crippen molar-refractivity contribution < 1.29 is 14.7 Å². The zero-order valence-electron chi connectivity index (χ0n) is 7.54. The highest BCUT2D eigenvalue weighted by Gasteiger charge is 2.12. The van der Waals surface area contributed by atoms with E-state index >= 15 is 0 Å². The van der Waals surface area contributed by atoms with Crippen molar-refractivity contribution in [3.8, 4) is 0 Å². The fourth-order valence-corrected chi connectivity index (χ4v) is 1.30. The van der Waals surface area contributed by atoms with Crippen molar-refractivity contribution in [2.75, 3.05) is 0 Å². The lowest BCUT2D eigenvalue weighted by atomic mass is 10.2. The molecular weight excluding hydrogens is 198 g/mol. The van der Waals surface area contributed by atoms with Gasteiger partial charge < -0.3 is 10.8 Å². The lowest BCUT2D eigenvalue weighted by molar-refractivity contribution is 0.0698. The maximum Gasteiger partial charge on any atom is 0.339 e. The van der Waals surface area contributed by atoms with Crippen LogP contribution in [0, 0.1) is 0 Å². The Bertz CT molecular complexity index is 559. The van der Waals surface area contributed by atoms with Crippen LogP contribution in [0.4, 0.5) is 0 Å². The van der Waals surface area contributed by atoms with Gasteiger partial charge in [-0.15, -0.1) is 0 Å². The molecule has 15 heavy (non-hydrogen) atoms. The Morgan fingerprint density at radius 3 is 2.80 bits per heavy atom. The van der Waals surface area contributed by atoms with Gasteiger partial charge in [-0.25, -0.2) is 9.31 Å². The first-order valence-corrected chi connectivity index (χ1v) is 4.10.